The van der Waals surface area contributed by atoms with Gasteiger partial charge in [0, 0.05) is 5.88 Å². The van der Waals surface area contributed by atoms with Gasteiger partial charge in [0.15, 0.2) is 0 Å². The van der Waals surface area contributed by atoms with Crippen molar-refractivity contribution in [1.29, 1.82) is 0 Å². The van der Waals surface area contributed by atoms with E-state index in [1.165, 1.54) is 6.42 Å². The highest BCUT2D eigenvalue weighted by molar-refractivity contribution is 6.18. The number of halogens is 1. The largest absolute Gasteiger partial charge is 0.126 e. The Labute approximate surface area is 74.6 Å². The van der Waals surface area contributed by atoms with E-state index in [0.29, 0.717) is 11.3 Å². The molecule has 0 spiro atoms. The summed E-state index contributed by atoms with van der Waals surface area (Å²) in [6, 6.07) is 0. The number of hydrogen-bond acceptors (Lipinski definition) is 0. The van der Waals surface area contributed by atoms with Gasteiger partial charge in [-0.05, 0) is 30.1 Å². The van der Waals surface area contributed by atoms with Gasteiger partial charge in [0.1, 0.15) is 0 Å². The molecular weight excluding hydrogens is 156 g/mol. The highest BCUT2D eigenvalue weighted by Gasteiger charge is 2.53. The van der Waals surface area contributed by atoms with Crippen LogP contribution in [0.15, 0.2) is 12.7 Å². The summed E-state index contributed by atoms with van der Waals surface area (Å²) in [7, 11) is 0. The Morgan fingerprint density at radius 1 is 1.82 bits per heavy atom. The third-order valence-electron chi connectivity index (χ3n) is 3.26. The molecule has 0 aromatic rings. The van der Waals surface area contributed by atoms with E-state index in [1.807, 2.05) is 6.08 Å². The lowest BCUT2D eigenvalue weighted by Crippen LogP contribution is -2.16. The van der Waals surface area contributed by atoms with Crippen LogP contribution in [0.2, 0.25) is 0 Å². The predicted molar refractivity (Wildman–Crippen MR) is 50.9 cm³/mol. The first kappa shape index (κ1) is 9.12. The van der Waals surface area contributed by atoms with Crippen LogP contribution in [0.3, 0.4) is 0 Å². The minimum Gasteiger partial charge on any atom is -0.126 e. The highest BCUT2D eigenvalue weighted by atomic mass is 35.5. The van der Waals surface area contributed by atoms with E-state index in [0.717, 1.165) is 18.2 Å². The first-order chi connectivity index (χ1) is 5.17. The molecule has 3 unspecified atom stereocenters. The minimum absolute atomic E-state index is 0.454. The van der Waals surface area contributed by atoms with Gasteiger partial charge in [-0.1, -0.05) is 19.9 Å². The first-order valence-electron chi connectivity index (χ1n) is 4.34. The van der Waals surface area contributed by atoms with Crippen LogP contribution < -0.4 is 0 Å². The number of rotatable bonds is 4. The van der Waals surface area contributed by atoms with Crippen molar-refractivity contribution in [1.82, 2.24) is 0 Å². The average molecular weight is 173 g/mol. The third kappa shape index (κ3) is 1.46. The lowest BCUT2D eigenvalue weighted by atomic mass is 9.88. The Morgan fingerprint density at radius 2 is 2.36 bits per heavy atom. The normalized spacial score (nSPS) is 38.3. The monoisotopic (exact) mass is 172 g/mol. The summed E-state index contributed by atoms with van der Waals surface area (Å²) < 4.78 is 0. The summed E-state index contributed by atoms with van der Waals surface area (Å²) in [6.45, 7) is 8.34. The molecule has 0 aromatic carbocycles. The van der Waals surface area contributed by atoms with E-state index < -0.39 is 0 Å². The van der Waals surface area contributed by atoms with E-state index in [2.05, 4.69) is 20.4 Å². The molecule has 0 aliphatic heterocycles. The van der Waals surface area contributed by atoms with Crippen molar-refractivity contribution in [2.24, 2.45) is 17.3 Å². The van der Waals surface area contributed by atoms with Crippen LogP contribution in [0, 0.1) is 17.3 Å². The van der Waals surface area contributed by atoms with Crippen LogP contribution >= 0.6 is 11.6 Å². The van der Waals surface area contributed by atoms with Gasteiger partial charge < -0.3 is 0 Å². The van der Waals surface area contributed by atoms with Gasteiger partial charge in [-0.15, -0.1) is 18.2 Å². The molecule has 64 valence electrons. The second kappa shape index (κ2) is 3.18. The molecule has 0 saturated heterocycles. The maximum Gasteiger partial charge on any atom is 0.0285 e. The Balaban J connectivity index is 2.50. The van der Waals surface area contributed by atoms with Gasteiger partial charge in [0.2, 0.25) is 0 Å². The molecule has 1 saturated carbocycles. The lowest BCUT2D eigenvalue weighted by Gasteiger charge is -2.20. The molecule has 1 aliphatic carbocycles. The fourth-order valence-electron chi connectivity index (χ4n) is 2.00. The zero-order valence-electron chi connectivity index (χ0n) is 7.44. The van der Waals surface area contributed by atoms with E-state index in [9.17, 15) is 0 Å². The SMILES string of the molecule is C=CCC(C)C1(CCl)CC1C. The summed E-state index contributed by atoms with van der Waals surface area (Å²) in [5.41, 5.74) is 0.454. The second-order valence-corrected chi connectivity index (χ2v) is 4.16. The molecule has 0 bridgehead atoms. The topological polar surface area (TPSA) is 0 Å². The van der Waals surface area contributed by atoms with Crippen molar-refractivity contribution in [2.45, 2.75) is 26.7 Å². The highest BCUT2D eigenvalue weighted by Crippen LogP contribution is 2.59. The Bertz CT molecular complexity index is 149. The third-order valence-corrected chi connectivity index (χ3v) is 3.76. The first-order valence-corrected chi connectivity index (χ1v) is 4.87. The number of hydrogen-bond donors (Lipinski definition) is 0. The van der Waals surface area contributed by atoms with E-state index in [1.54, 1.807) is 0 Å². The molecule has 1 heteroatoms. The number of alkyl halides is 1. The van der Waals surface area contributed by atoms with Crippen molar-refractivity contribution in [3.05, 3.63) is 12.7 Å². The van der Waals surface area contributed by atoms with Crippen molar-refractivity contribution in [3.63, 3.8) is 0 Å². The van der Waals surface area contributed by atoms with E-state index in [4.69, 9.17) is 11.6 Å². The summed E-state index contributed by atoms with van der Waals surface area (Å²) in [6.07, 6.45) is 4.42. The van der Waals surface area contributed by atoms with Crippen molar-refractivity contribution < 1.29 is 0 Å². The molecule has 0 N–H and O–H groups in total. The smallest absolute Gasteiger partial charge is 0.0285 e. The molecule has 0 aromatic heterocycles. The minimum atomic E-state index is 0.454. The molecule has 11 heavy (non-hydrogen) atoms. The summed E-state index contributed by atoms with van der Waals surface area (Å²) in [5.74, 6) is 2.37. The standard InChI is InChI=1S/C10H17Cl/c1-4-5-8(2)10(7-11)6-9(10)3/h4,8-9H,1,5-7H2,2-3H3. The molecule has 0 heterocycles. The lowest BCUT2D eigenvalue weighted by molar-refractivity contribution is 0.346. The zero-order valence-corrected chi connectivity index (χ0v) is 8.19. The molecule has 1 fully saturated rings. The molecule has 0 nitrogen and oxygen atoms in total. The van der Waals surface area contributed by atoms with Crippen LogP contribution in [0.1, 0.15) is 26.7 Å². The molecule has 0 radical (unpaired) electrons. The van der Waals surface area contributed by atoms with Crippen LogP contribution in [-0.4, -0.2) is 5.88 Å². The molecular formula is C10H17Cl. The maximum absolute atomic E-state index is 5.95. The average Bonchev–Trinajstić information content (AvgIpc) is 2.63. The molecule has 1 rings (SSSR count). The van der Waals surface area contributed by atoms with Crippen molar-refractivity contribution >= 4 is 11.6 Å². The fraction of sp³-hybridized carbons (Fsp3) is 0.800. The number of allylic oxidation sites excluding steroid dienone is 1. The van der Waals surface area contributed by atoms with Crippen LogP contribution in [-0.2, 0) is 0 Å². The second-order valence-electron chi connectivity index (χ2n) is 3.90. The van der Waals surface area contributed by atoms with Crippen molar-refractivity contribution in [3.8, 4) is 0 Å². The predicted octanol–water partition coefficient (Wildman–Crippen LogP) is 3.46. The Kier molecular flexibility index (Phi) is 2.64. The van der Waals surface area contributed by atoms with Gasteiger partial charge in [-0.3, -0.25) is 0 Å². The maximum atomic E-state index is 5.95. The summed E-state index contributed by atoms with van der Waals surface area (Å²) >= 11 is 5.95. The van der Waals surface area contributed by atoms with Crippen molar-refractivity contribution in [2.75, 3.05) is 5.88 Å². The van der Waals surface area contributed by atoms with Crippen LogP contribution in [0.5, 0.6) is 0 Å². The quantitative estimate of drug-likeness (QED) is 0.450. The fourth-order valence-corrected chi connectivity index (χ4v) is 2.64. The summed E-state index contributed by atoms with van der Waals surface area (Å²) in [4.78, 5) is 0. The zero-order chi connectivity index (χ0) is 8.48. The van der Waals surface area contributed by atoms with Crippen LogP contribution in [0.25, 0.3) is 0 Å². The Hall–Kier alpha value is 0.0300. The van der Waals surface area contributed by atoms with Gasteiger partial charge in [-0.25, -0.2) is 0 Å². The van der Waals surface area contributed by atoms with E-state index >= 15 is 0 Å². The molecule has 1 aliphatic rings. The van der Waals surface area contributed by atoms with Gasteiger partial charge in [0.25, 0.3) is 0 Å². The summed E-state index contributed by atoms with van der Waals surface area (Å²) in [5, 5.41) is 0. The van der Waals surface area contributed by atoms with Crippen LogP contribution in [0.4, 0.5) is 0 Å². The molecule has 3 atom stereocenters. The van der Waals surface area contributed by atoms with Gasteiger partial charge in [0.05, 0.1) is 0 Å². The molecule has 0 amide bonds. The van der Waals surface area contributed by atoms with Gasteiger partial charge >= 0.3 is 0 Å². The van der Waals surface area contributed by atoms with E-state index in [-0.39, 0.29) is 0 Å². The van der Waals surface area contributed by atoms with Gasteiger partial charge in [-0.2, -0.15) is 0 Å². The Morgan fingerprint density at radius 3 is 2.64 bits per heavy atom.